The number of ether oxygens (including phenoxy) is 1. The first-order chi connectivity index (χ1) is 11.3. The minimum Gasteiger partial charge on any atom is -0.465 e. The highest BCUT2D eigenvalue weighted by Gasteiger charge is 2.30. The zero-order chi connectivity index (χ0) is 16.1. The quantitative estimate of drug-likeness (QED) is 0.793. The van der Waals surface area contributed by atoms with E-state index in [9.17, 15) is 4.79 Å². The van der Waals surface area contributed by atoms with Crippen molar-refractivity contribution in [3.8, 4) is 11.3 Å². The van der Waals surface area contributed by atoms with Gasteiger partial charge in [-0.15, -0.1) is 0 Å². The topological polar surface area (TPSA) is 55.6 Å². The second-order valence-corrected chi connectivity index (χ2v) is 5.72. The van der Waals surface area contributed by atoms with Crippen molar-refractivity contribution in [2.45, 2.75) is 38.8 Å². The molecule has 0 saturated carbocycles. The van der Waals surface area contributed by atoms with Crippen molar-refractivity contribution in [1.29, 1.82) is 0 Å². The highest BCUT2D eigenvalue weighted by atomic mass is 16.5. The average Bonchev–Trinajstić information content (AvgIpc) is 3.05. The zero-order valence-corrected chi connectivity index (χ0v) is 13.4. The summed E-state index contributed by atoms with van der Waals surface area (Å²) in [6.07, 6.45) is 4.72. The van der Waals surface area contributed by atoms with E-state index >= 15 is 0 Å². The molecule has 0 radical (unpaired) electrons. The number of hydrogen-bond donors (Lipinski definition) is 0. The van der Waals surface area contributed by atoms with Crippen LogP contribution >= 0.6 is 0 Å². The van der Waals surface area contributed by atoms with Gasteiger partial charge in [0.2, 0.25) is 5.89 Å². The lowest BCUT2D eigenvalue weighted by Gasteiger charge is -2.32. The minimum absolute atomic E-state index is 0.137. The number of nitrogens with zero attached hydrogens (tertiary/aromatic N) is 2. The Morgan fingerprint density at radius 3 is 2.96 bits per heavy atom. The first-order valence-corrected chi connectivity index (χ1v) is 8.18. The largest absolute Gasteiger partial charge is 0.465 e. The predicted molar refractivity (Wildman–Crippen MR) is 86.6 cm³/mol. The number of benzene rings is 1. The van der Waals surface area contributed by atoms with Crippen LogP contribution in [0.4, 0.5) is 0 Å². The lowest BCUT2D eigenvalue weighted by Crippen LogP contribution is -2.45. The second-order valence-electron chi connectivity index (χ2n) is 5.72. The molecule has 1 aromatic carbocycles. The summed E-state index contributed by atoms with van der Waals surface area (Å²) in [7, 11) is 0. The summed E-state index contributed by atoms with van der Waals surface area (Å²) in [6, 6.07) is 9.71. The fourth-order valence-corrected chi connectivity index (χ4v) is 2.98. The molecule has 0 bridgehead atoms. The number of likely N-dealkylation sites (tertiary alicyclic amines) is 1. The fourth-order valence-electron chi connectivity index (χ4n) is 2.98. The number of piperidine rings is 1. The first kappa shape index (κ1) is 15.7. The predicted octanol–water partition coefficient (Wildman–Crippen LogP) is 3.26. The standard InChI is InChI=1S/C18H22N2O3/c1-2-22-18(21)15-10-6-7-11-20(15)13-17-19-12-16(23-17)14-8-4-3-5-9-14/h3-5,8-9,12,15H,2,6-7,10-11,13H2,1H3. The van der Waals surface area contributed by atoms with Gasteiger partial charge in [-0.2, -0.15) is 0 Å². The maximum Gasteiger partial charge on any atom is 0.323 e. The van der Waals surface area contributed by atoms with E-state index in [0.717, 1.165) is 37.1 Å². The molecule has 0 spiro atoms. The van der Waals surface area contributed by atoms with Gasteiger partial charge in [-0.3, -0.25) is 9.69 Å². The first-order valence-electron chi connectivity index (χ1n) is 8.18. The van der Waals surface area contributed by atoms with Crippen molar-refractivity contribution in [2.75, 3.05) is 13.2 Å². The number of hydrogen-bond acceptors (Lipinski definition) is 5. The number of rotatable bonds is 5. The van der Waals surface area contributed by atoms with Crippen LogP contribution in [0.25, 0.3) is 11.3 Å². The van der Waals surface area contributed by atoms with E-state index in [1.165, 1.54) is 0 Å². The summed E-state index contributed by atoms with van der Waals surface area (Å²) in [5.41, 5.74) is 1.01. The van der Waals surface area contributed by atoms with Gasteiger partial charge in [0.1, 0.15) is 6.04 Å². The third-order valence-electron chi connectivity index (χ3n) is 4.12. The molecule has 1 aromatic heterocycles. The smallest absolute Gasteiger partial charge is 0.323 e. The Morgan fingerprint density at radius 1 is 1.35 bits per heavy atom. The molecule has 0 N–H and O–H groups in total. The van der Waals surface area contributed by atoms with Crippen LogP contribution in [-0.2, 0) is 16.1 Å². The Bertz CT molecular complexity index is 639. The van der Waals surface area contributed by atoms with E-state index < -0.39 is 0 Å². The van der Waals surface area contributed by atoms with Crippen molar-refractivity contribution in [3.05, 3.63) is 42.4 Å². The number of esters is 1. The lowest BCUT2D eigenvalue weighted by molar-refractivity contribution is -0.151. The summed E-state index contributed by atoms with van der Waals surface area (Å²) in [5, 5.41) is 0. The third kappa shape index (κ3) is 3.79. The molecular formula is C18H22N2O3. The van der Waals surface area contributed by atoms with Crippen LogP contribution in [0.3, 0.4) is 0 Å². The summed E-state index contributed by atoms with van der Waals surface area (Å²) in [6.45, 7) is 3.66. The Balaban J connectivity index is 1.70. The maximum absolute atomic E-state index is 12.1. The molecule has 0 amide bonds. The van der Waals surface area contributed by atoms with Crippen molar-refractivity contribution >= 4 is 5.97 Å². The monoisotopic (exact) mass is 314 g/mol. The molecule has 23 heavy (non-hydrogen) atoms. The van der Waals surface area contributed by atoms with Crippen molar-refractivity contribution in [3.63, 3.8) is 0 Å². The Labute approximate surface area is 136 Å². The van der Waals surface area contributed by atoms with Gasteiger partial charge in [-0.05, 0) is 26.3 Å². The Morgan fingerprint density at radius 2 is 2.17 bits per heavy atom. The van der Waals surface area contributed by atoms with Gasteiger partial charge in [0.15, 0.2) is 5.76 Å². The summed E-state index contributed by atoms with van der Waals surface area (Å²) in [4.78, 5) is 18.6. The minimum atomic E-state index is -0.184. The number of aromatic nitrogens is 1. The lowest BCUT2D eigenvalue weighted by atomic mass is 10.0. The number of carbonyl (C=O) groups excluding carboxylic acids is 1. The molecule has 1 atom stereocenters. The normalized spacial score (nSPS) is 18.7. The van der Waals surface area contributed by atoms with Gasteiger partial charge in [0.05, 0.1) is 19.3 Å². The van der Waals surface area contributed by atoms with E-state index in [1.807, 2.05) is 37.3 Å². The van der Waals surface area contributed by atoms with Gasteiger partial charge in [-0.1, -0.05) is 36.8 Å². The van der Waals surface area contributed by atoms with Gasteiger partial charge >= 0.3 is 5.97 Å². The highest BCUT2D eigenvalue weighted by Crippen LogP contribution is 2.24. The molecule has 5 heteroatoms. The van der Waals surface area contributed by atoms with E-state index in [2.05, 4.69) is 9.88 Å². The van der Waals surface area contributed by atoms with Crippen LogP contribution in [0.5, 0.6) is 0 Å². The van der Waals surface area contributed by atoms with Gasteiger partial charge < -0.3 is 9.15 Å². The molecule has 1 unspecified atom stereocenters. The molecule has 2 aromatic rings. The molecule has 122 valence electrons. The molecule has 1 fully saturated rings. The van der Waals surface area contributed by atoms with E-state index in [1.54, 1.807) is 6.20 Å². The summed E-state index contributed by atoms with van der Waals surface area (Å²) in [5.74, 6) is 1.26. The van der Waals surface area contributed by atoms with Crippen molar-refractivity contribution < 1.29 is 13.9 Å². The van der Waals surface area contributed by atoms with Crippen LogP contribution in [0, 0.1) is 0 Å². The molecular weight excluding hydrogens is 292 g/mol. The number of oxazole rings is 1. The van der Waals surface area contributed by atoms with Gasteiger partial charge in [0, 0.05) is 5.56 Å². The SMILES string of the molecule is CCOC(=O)C1CCCCN1Cc1ncc(-c2ccccc2)o1. The van der Waals surface area contributed by atoms with Crippen LogP contribution < -0.4 is 0 Å². The van der Waals surface area contributed by atoms with Crippen LogP contribution in [0.2, 0.25) is 0 Å². The second kappa shape index (κ2) is 7.42. The summed E-state index contributed by atoms with van der Waals surface area (Å²) < 4.78 is 11.0. The van der Waals surface area contributed by atoms with E-state index in [0.29, 0.717) is 19.0 Å². The maximum atomic E-state index is 12.1. The van der Waals surface area contributed by atoms with Crippen molar-refractivity contribution in [2.24, 2.45) is 0 Å². The Kier molecular flexibility index (Phi) is 5.08. The summed E-state index contributed by atoms with van der Waals surface area (Å²) >= 11 is 0. The van der Waals surface area contributed by atoms with Crippen LogP contribution in [0.1, 0.15) is 32.1 Å². The van der Waals surface area contributed by atoms with Crippen LogP contribution in [-0.4, -0.2) is 35.0 Å². The molecule has 1 saturated heterocycles. The van der Waals surface area contributed by atoms with Gasteiger partial charge in [0.25, 0.3) is 0 Å². The molecule has 3 rings (SSSR count). The molecule has 1 aliphatic rings. The third-order valence-corrected chi connectivity index (χ3v) is 4.12. The fraction of sp³-hybridized carbons (Fsp3) is 0.444. The Hall–Kier alpha value is -2.14. The van der Waals surface area contributed by atoms with Crippen molar-refractivity contribution in [1.82, 2.24) is 9.88 Å². The van der Waals surface area contributed by atoms with E-state index in [-0.39, 0.29) is 12.0 Å². The highest BCUT2D eigenvalue weighted by molar-refractivity contribution is 5.75. The average molecular weight is 314 g/mol. The molecule has 0 aliphatic carbocycles. The van der Waals surface area contributed by atoms with E-state index in [4.69, 9.17) is 9.15 Å². The molecule has 5 nitrogen and oxygen atoms in total. The zero-order valence-electron chi connectivity index (χ0n) is 13.4. The number of carbonyl (C=O) groups is 1. The van der Waals surface area contributed by atoms with Crippen LogP contribution in [0.15, 0.2) is 40.9 Å². The van der Waals surface area contributed by atoms with Gasteiger partial charge in [-0.25, -0.2) is 4.98 Å². The molecule has 1 aliphatic heterocycles. The molecule has 2 heterocycles.